The third kappa shape index (κ3) is 2.82. The third-order valence-electron chi connectivity index (χ3n) is 2.68. The van der Waals surface area contributed by atoms with Crippen molar-refractivity contribution < 1.29 is 4.74 Å². The molecular weight excluding hydrogens is 280 g/mol. The molecule has 2 rings (SSSR count). The van der Waals surface area contributed by atoms with E-state index in [-0.39, 0.29) is 0 Å². The fourth-order valence-corrected chi connectivity index (χ4v) is 2.02. The summed E-state index contributed by atoms with van der Waals surface area (Å²) in [6.45, 7) is 0.787. The van der Waals surface area contributed by atoms with Crippen LogP contribution in [0.4, 0.5) is 5.69 Å². The minimum absolute atomic E-state index is 0.787. The Morgan fingerprint density at radius 3 is 2.82 bits per heavy atom. The van der Waals surface area contributed by atoms with Crippen molar-refractivity contribution in [1.29, 1.82) is 0 Å². The summed E-state index contributed by atoms with van der Waals surface area (Å²) in [5, 5.41) is 3.38. The number of ether oxygens (including phenoxy) is 1. The molecule has 1 heterocycles. The van der Waals surface area contributed by atoms with E-state index in [1.165, 1.54) is 5.69 Å². The molecule has 0 radical (unpaired) electrons. The van der Waals surface area contributed by atoms with Crippen LogP contribution >= 0.6 is 15.9 Å². The lowest BCUT2D eigenvalue weighted by Crippen LogP contribution is -2.04. The first-order valence-corrected chi connectivity index (χ1v) is 6.17. The van der Waals surface area contributed by atoms with E-state index < -0.39 is 0 Å². The SMILES string of the molecule is COc1ccc(Br)c(NCc2cccn2C)c1. The molecule has 0 atom stereocenters. The van der Waals surface area contributed by atoms with E-state index in [0.717, 1.165) is 22.5 Å². The number of rotatable bonds is 4. The molecule has 0 spiro atoms. The van der Waals surface area contributed by atoms with Crippen molar-refractivity contribution in [2.75, 3.05) is 12.4 Å². The van der Waals surface area contributed by atoms with Gasteiger partial charge in [0, 0.05) is 29.5 Å². The fraction of sp³-hybridized carbons (Fsp3) is 0.231. The van der Waals surface area contributed by atoms with Gasteiger partial charge < -0.3 is 14.6 Å². The molecule has 90 valence electrons. The summed E-state index contributed by atoms with van der Waals surface area (Å²) in [5.74, 6) is 0.850. The second kappa shape index (κ2) is 5.27. The van der Waals surface area contributed by atoms with Crippen LogP contribution < -0.4 is 10.1 Å². The second-order valence-corrected chi connectivity index (χ2v) is 4.66. The Labute approximate surface area is 110 Å². The van der Waals surface area contributed by atoms with Crippen molar-refractivity contribution >= 4 is 21.6 Å². The quantitative estimate of drug-likeness (QED) is 0.935. The molecule has 0 saturated carbocycles. The number of hydrogen-bond donors (Lipinski definition) is 1. The first kappa shape index (κ1) is 12.0. The molecule has 0 aliphatic carbocycles. The van der Waals surface area contributed by atoms with Gasteiger partial charge in [-0.25, -0.2) is 0 Å². The number of aryl methyl sites for hydroxylation is 1. The van der Waals surface area contributed by atoms with Crippen molar-refractivity contribution in [1.82, 2.24) is 4.57 Å². The molecule has 0 unspecified atom stereocenters. The van der Waals surface area contributed by atoms with Gasteiger partial charge in [-0.3, -0.25) is 0 Å². The number of methoxy groups -OCH3 is 1. The normalized spacial score (nSPS) is 10.3. The van der Waals surface area contributed by atoms with E-state index in [4.69, 9.17) is 4.74 Å². The van der Waals surface area contributed by atoms with Crippen LogP contribution in [-0.2, 0) is 13.6 Å². The molecule has 0 fully saturated rings. The number of benzene rings is 1. The Morgan fingerprint density at radius 1 is 1.35 bits per heavy atom. The van der Waals surface area contributed by atoms with E-state index >= 15 is 0 Å². The van der Waals surface area contributed by atoms with Crippen LogP contribution in [0.15, 0.2) is 41.0 Å². The number of aromatic nitrogens is 1. The van der Waals surface area contributed by atoms with E-state index in [9.17, 15) is 0 Å². The molecule has 1 aromatic carbocycles. The molecule has 0 bridgehead atoms. The van der Waals surface area contributed by atoms with Gasteiger partial charge >= 0.3 is 0 Å². The Hall–Kier alpha value is -1.42. The molecule has 3 nitrogen and oxygen atoms in total. The van der Waals surface area contributed by atoms with E-state index in [2.05, 4.69) is 31.9 Å². The summed E-state index contributed by atoms with van der Waals surface area (Å²) in [5.41, 5.74) is 2.27. The Balaban J connectivity index is 2.11. The molecule has 2 aromatic rings. The number of anilines is 1. The van der Waals surface area contributed by atoms with Crippen molar-refractivity contribution in [3.63, 3.8) is 0 Å². The summed E-state index contributed by atoms with van der Waals surface area (Å²) in [7, 11) is 3.71. The minimum Gasteiger partial charge on any atom is -0.497 e. The lowest BCUT2D eigenvalue weighted by atomic mass is 10.3. The largest absolute Gasteiger partial charge is 0.497 e. The molecule has 0 aliphatic heterocycles. The minimum atomic E-state index is 0.787. The molecule has 17 heavy (non-hydrogen) atoms. The van der Waals surface area contributed by atoms with Crippen LogP contribution in [0.2, 0.25) is 0 Å². The van der Waals surface area contributed by atoms with Crippen LogP contribution in [-0.4, -0.2) is 11.7 Å². The Morgan fingerprint density at radius 2 is 2.18 bits per heavy atom. The molecule has 1 aromatic heterocycles. The van der Waals surface area contributed by atoms with Crippen LogP contribution in [0.1, 0.15) is 5.69 Å². The van der Waals surface area contributed by atoms with Gasteiger partial charge in [0.25, 0.3) is 0 Å². The maximum atomic E-state index is 5.20. The van der Waals surface area contributed by atoms with Crippen LogP contribution in [0.3, 0.4) is 0 Å². The van der Waals surface area contributed by atoms with Crippen molar-refractivity contribution in [2.45, 2.75) is 6.54 Å². The summed E-state index contributed by atoms with van der Waals surface area (Å²) < 4.78 is 8.34. The van der Waals surface area contributed by atoms with Crippen LogP contribution in [0.25, 0.3) is 0 Å². The topological polar surface area (TPSA) is 26.2 Å². The lowest BCUT2D eigenvalue weighted by Gasteiger charge is -2.11. The highest BCUT2D eigenvalue weighted by Crippen LogP contribution is 2.27. The van der Waals surface area contributed by atoms with E-state index in [1.807, 2.05) is 37.5 Å². The highest BCUT2D eigenvalue weighted by atomic mass is 79.9. The summed E-state index contributed by atoms with van der Waals surface area (Å²) in [6.07, 6.45) is 2.04. The van der Waals surface area contributed by atoms with Gasteiger partial charge in [0.05, 0.1) is 19.3 Å². The third-order valence-corrected chi connectivity index (χ3v) is 3.38. The smallest absolute Gasteiger partial charge is 0.121 e. The van der Waals surface area contributed by atoms with Gasteiger partial charge in [-0.2, -0.15) is 0 Å². The van der Waals surface area contributed by atoms with Gasteiger partial charge in [0.2, 0.25) is 0 Å². The van der Waals surface area contributed by atoms with Crippen molar-refractivity contribution in [3.05, 3.63) is 46.7 Å². The number of nitrogens with zero attached hydrogens (tertiary/aromatic N) is 1. The lowest BCUT2D eigenvalue weighted by molar-refractivity contribution is 0.415. The van der Waals surface area contributed by atoms with E-state index in [1.54, 1.807) is 7.11 Å². The highest BCUT2D eigenvalue weighted by Gasteiger charge is 2.03. The molecule has 4 heteroatoms. The average molecular weight is 295 g/mol. The zero-order valence-corrected chi connectivity index (χ0v) is 11.5. The van der Waals surface area contributed by atoms with Crippen LogP contribution in [0, 0.1) is 0 Å². The van der Waals surface area contributed by atoms with Crippen molar-refractivity contribution in [2.24, 2.45) is 7.05 Å². The molecular formula is C13H15BrN2O. The predicted molar refractivity (Wildman–Crippen MR) is 73.4 cm³/mol. The maximum Gasteiger partial charge on any atom is 0.121 e. The highest BCUT2D eigenvalue weighted by molar-refractivity contribution is 9.10. The summed E-state index contributed by atoms with van der Waals surface area (Å²) >= 11 is 3.52. The maximum absolute atomic E-state index is 5.20. The van der Waals surface area contributed by atoms with E-state index in [0.29, 0.717) is 0 Å². The average Bonchev–Trinajstić information content (AvgIpc) is 2.74. The second-order valence-electron chi connectivity index (χ2n) is 3.81. The summed E-state index contributed by atoms with van der Waals surface area (Å²) in [4.78, 5) is 0. The van der Waals surface area contributed by atoms with Gasteiger partial charge in [0.1, 0.15) is 5.75 Å². The van der Waals surface area contributed by atoms with Gasteiger partial charge in [0.15, 0.2) is 0 Å². The zero-order chi connectivity index (χ0) is 12.3. The fourth-order valence-electron chi connectivity index (χ4n) is 1.63. The number of halogens is 1. The molecule has 0 amide bonds. The molecule has 0 aliphatic rings. The van der Waals surface area contributed by atoms with Crippen LogP contribution in [0.5, 0.6) is 5.75 Å². The first-order chi connectivity index (χ1) is 8.20. The Kier molecular flexibility index (Phi) is 3.74. The number of nitrogens with one attached hydrogen (secondary N) is 1. The first-order valence-electron chi connectivity index (χ1n) is 5.38. The monoisotopic (exact) mass is 294 g/mol. The molecule has 1 N–H and O–H groups in total. The molecule has 0 saturated heterocycles. The Bertz CT molecular complexity index is 508. The summed E-state index contributed by atoms with van der Waals surface area (Å²) in [6, 6.07) is 10.0. The zero-order valence-electron chi connectivity index (χ0n) is 9.90. The standard InChI is InChI=1S/C13H15BrN2O/c1-16-7-3-4-10(16)9-15-13-8-11(17-2)5-6-12(13)14/h3-8,15H,9H2,1-2H3. The van der Waals surface area contributed by atoms with Gasteiger partial charge in [-0.05, 0) is 40.2 Å². The van der Waals surface area contributed by atoms with Crippen molar-refractivity contribution in [3.8, 4) is 5.75 Å². The van der Waals surface area contributed by atoms with Gasteiger partial charge in [-0.1, -0.05) is 0 Å². The predicted octanol–water partition coefficient (Wildman–Crippen LogP) is 3.41. The number of hydrogen-bond acceptors (Lipinski definition) is 2. The van der Waals surface area contributed by atoms with Gasteiger partial charge in [-0.15, -0.1) is 0 Å².